The number of methoxy groups -OCH3 is 1. The Morgan fingerprint density at radius 1 is 1.15 bits per heavy atom. The maximum absolute atomic E-state index is 12.2. The molecule has 8 nitrogen and oxygen atoms in total. The zero-order chi connectivity index (χ0) is 24.0. The number of piperidine rings is 1. The largest absolute Gasteiger partial charge is 0.493 e. The number of hydrogen-bond donors (Lipinski definition) is 1. The summed E-state index contributed by atoms with van der Waals surface area (Å²) in [7, 11) is 1.63. The van der Waals surface area contributed by atoms with E-state index in [1.54, 1.807) is 18.1 Å². The molecular formula is C25H32N2O6. The van der Waals surface area contributed by atoms with E-state index in [-0.39, 0.29) is 11.7 Å². The molecule has 1 N–H and O–H groups in total. The highest BCUT2D eigenvalue weighted by atomic mass is 16.6. The SMILES string of the molecule is COCc1cc(-c2ccc(C(=O)O)cn2)ccc1OCC1CCN(C(=O)OC(C)(C)C)CC1. The van der Waals surface area contributed by atoms with E-state index in [0.717, 1.165) is 29.7 Å². The molecule has 8 heteroatoms. The number of ether oxygens (including phenoxy) is 3. The van der Waals surface area contributed by atoms with Crippen molar-refractivity contribution < 1.29 is 28.9 Å². The topological polar surface area (TPSA) is 98.2 Å². The molecule has 1 aliphatic heterocycles. The molecule has 2 aromatic rings. The van der Waals surface area contributed by atoms with Gasteiger partial charge in [0, 0.05) is 37.5 Å². The van der Waals surface area contributed by atoms with E-state index in [9.17, 15) is 9.59 Å². The molecule has 0 saturated carbocycles. The number of nitrogens with zero attached hydrogens (tertiary/aromatic N) is 2. The van der Waals surface area contributed by atoms with Crippen molar-refractivity contribution >= 4 is 12.1 Å². The summed E-state index contributed by atoms with van der Waals surface area (Å²) >= 11 is 0. The molecule has 1 amide bonds. The van der Waals surface area contributed by atoms with Gasteiger partial charge in [-0.3, -0.25) is 4.98 Å². The highest BCUT2D eigenvalue weighted by Crippen LogP contribution is 2.28. The van der Waals surface area contributed by atoms with Crippen LogP contribution in [0.15, 0.2) is 36.5 Å². The zero-order valence-electron chi connectivity index (χ0n) is 19.7. The van der Waals surface area contributed by atoms with Gasteiger partial charge in [0.1, 0.15) is 11.4 Å². The molecule has 0 atom stereocenters. The van der Waals surface area contributed by atoms with Crippen molar-refractivity contribution in [3.63, 3.8) is 0 Å². The van der Waals surface area contributed by atoms with Gasteiger partial charge < -0.3 is 24.2 Å². The monoisotopic (exact) mass is 456 g/mol. The molecule has 1 aliphatic rings. The van der Waals surface area contributed by atoms with E-state index in [0.29, 0.717) is 37.9 Å². The van der Waals surface area contributed by atoms with Crippen molar-refractivity contribution in [3.05, 3.63) is 47.7 Å². The van der Waals surface area contributed by atoms with E-state index >= 15 is 0 Å². The number of pyridine rings is 1. The number of rotatable bonds is 7. The molecule has 33 heavy (non-hydrogen) atoms. The van der Waals surface area contributed by atoms with Gasteiger partial charge in [-0.05, 0) is 69.9 Å². The second-order valence-corrected chi connectivity index (χ2v) is 9.21. The summed E-state index contributed by atoms with van der Waals surface area (Å²) in [5.74, 6) is 0.0936. The third-order valence-electron chi connectivity index (χ3n) is 5.41. The van der Waals surface area contributed by atoms with Gasteiger partial charge in [0.25, 0.3) is 0 Å². The lowest BCUT2D eigenvalue weighted by molar-refractivity contribution is 0.0164. The molecule has 2 heterocycles. The molecule has 0 unspecified atom stereocenters. The second-order valence-electron chi connectivity index (χ2n) is 9.21. The highest BCUT2D eigenvalue weighted by molar-refractivity contribution is 5.87. The number of carbonyl (C=O) groups excluding carboxylic acids is 1. The second kappa shape index (κ2) is 10.7. The molecule has 1 aromatic carbocycles. The average molecular weight is 457 g/mol. The van der Waals surface area contributed by atoms with Crippen molar-refractivity contribution in [1.82, 2.24) is 9.88 Å². The first kappa shape index (κ1) is 24.5. The standard InChI is InChI=1S/C25H32N2O6/c1-25(2,3)33-24(30)27-11-9-17(10-12-27)15-32-22-8-6-18(13-20(22)16-31-4)21-7-5-19(14-26-21)23(28)29/h5-8,13-14,17H,9-12,15-16H2,1-4H3,(H,28,29). The number of carbonyl (C=O) groups is 2. The summed E-state index contributed by atoms with van der Waals surface area (Å²) in [6.45, 7) is 7.87. The molecule has 3 rings (SSSR count). The van der Waals surface area contributed by atoms with Gasteiger partial charge in [-0.25, -0.2) is 9.59 Å². The Morgan fingerprint density at radius 2 is 1.88 bits per heavy atom. The third kappa shape index (κ3) is 6.92. The minimum Gasteiger partial charge on any atom is -0.493 e. The Bertz CT molecular complexity index is 960. The summed E-state index contributed by atoms with van der Waals surface area (Å²) in [5, 5.41) is 9.05. The Labute approximate surface area is 194 Å². The number of benzene rings is 1. The van der Waals surface area contributed by atoms with Crippen LogP contribution in [-0.4, -0.2) is 59.5 Å². The van der Waals surface area contributed by atoms with Crippen molar-refractivity contribution in [1.29, 1.82) is 0 Å². The lowest BCUT2D eigenvalue weighted by Crippen LogP contribution is -2.42. The minimum atomic E-state index is -1.00. The molecule has 0 bridgehead atoms. The fourth-order valence-electron chi connectivity index (χ4n) is 3.66. The van der Waals surface area contributed by atoms with Crippen LogP contribution in [0.3, 0.4) is 0 Å². The van der Waals surface area contributed by atoms with Crippen molar-refractivity contribution in [3.8, 4) is 17.0 Å². The van der Waals surface area contributed by atoms with Gasteiger partial charge >= 0.3 is 12.1 Å². The van der Waals surface area contributed by atoms with Crippen LogP contribution >= 0.6 is 0 Å². The Balaban J connectivity index is 1.60. The molecule has 0 radical (unpaired) electrons. The summed E-state index contributed by atoms with van der Waals surface area (Å²) < 4.78 is 16.9. The van der Waals surface area contributed by atoms with Crippen LogP contribution in [0.2, 0.25) is 0 Å². The van der Waals surface area contributed by atoms with Gasteiger partial charge in [-0.15, -0.1) is 0 Å². The van der Waals surface area contributed by atoms with E-state index in [2.05, 4.69) is 4.98 Å². The number of likely N-dealkylation sites (tertiary alicyclic amines) is 1. The predicted octanol–water partition coefficient (Wildman–Crippen LogP) is 4.62. The molecule has 1 fully saturated rings. The Kier molecular flexibility index (Phi) is 7.92. The van der Waals surface area contributed by atoms with E-state index in [1.165, 1.54) is 12.3 Å². The molecule has 178 valence electrons. The smallest absolute Gasteiger partial charge is 0.410 e. The molecule has 0 aliphatic carbocycles. The van der Waals surface area contributed by atoms with Crippen LogP contribution in [0.4, 0.5) is 4.79 Å². The summed E-state index contributed by atoms with van der Waals surface area (Å²) in [6, 6.07) is 8.98. The molecular weight excluding hydrogens is 424 g/mol. The maximum atomic E-state index is 12.2. The molecule has 1 saturated heterocycles. The average Bonchev–Trinajstić information content (AvgIpc) is 2.77. The van der Waals surface area contributed by atoms with Gasteiger partial charge in [0.05, 0.1) is 24.5 Å². The van der Waals surface area contributed by atoms with Gasteiger partial charge in [0.15, 0.2) is 0 Å². The fourth-order valence-corrected chi connectivity index (χ4v) is 3.66. The van der Waals surface area contributed by atoms with Crippen molar-refractivity contribution in [2.24, 2.45) is 5.92 Å². The number of hydrogen-bond acceptors (Lipinski definition) is 6. The quantitative estimate of drug-likeness (QED) is 0.649. The van der Waals surface area contributed by atoms with E-state index in [1.807, 2.05) is 39.0 Å². The zero-order valence-corrected chi connectivity index (χ0v) is 19.7. The number of amides is 1. The number of carboxylic acids is 1. The Hall–Kier alpha value is -3.13. The van der Waals surface area contributed by atoms with E-state index in [4.69, 9.17) is 19.3 Å². The maximum Gasteiger partial charge on any atom is 0.410 e. The van der Waals surface area contributed by atoms with Crippen LogP contribution in [0.25, 0.3) is 11.3 Å². The first-order chi connectivity index (χ1) is 15.7. The van der Waals surface area contributed by atoms with Crippen LogP contribution in [0.1, 0.15) is 49.5 Å². The number of aromatic carboxylic acids is 1. The van der Waals surface area contributed by atoms with Gasteiger partial charge in [0.2, 0.25) is 0 Å². The predicted molar refractivity (Wildman–Crippen MR) is 123 cm³/mol. The third-order valence-corrected chi connectivity index (χ3v) is 5.41. The van der Waals surface area contributed by atoms with Crippen molar-refractivity contribution in [2.75, 3.05) is 26.8 Å². The Morgan fingerprint density at radius 3 is 2.45 bits per heavy atom. The lowest BCUT2D eigenvalue weighted by Gasteiger charge is -2.33. The number of aromatic nitrogens is 1. The first-order valence-electron chi connectivity index (χ1n) is 11.1. The van der Waals surface area contributed by atoms with Gasteiger partial charge in [-0.2, -0.15) is 0 Å². The van der Waals surface area contributed by atoms with E-state index < -0.39 is 11.6 Å². The van der Waals surface area contributed by atoms with Crippen LogP contribution in [0, 0.1) is 5.92 Å². The van der Waals surface area contributed by atoms with Crippen molar-refractivity contribution in [2.45, 2.75) is 45.8 Å². The summed E-state index contributed by atoms with van der Waals surface area (Å²) in [6.07, 6.45) is 2.81. The first-order valence-corrected chi connectivity index (χ1v) is 11.1. The molecule has 0 spiro atoms. The normalized spacial score (nSPS) is 14.7. The summed E-state index contributed by atoms with van der Waals surface area (Å²) in [5.41, 5.74) is 2.09. The summed E-state index contributed by atoms with van der Waals surface area (Å²) in [4.78, 5) is 29.3. The number of carboxylic acid groups (broad SMARTS) is 1. The van der Waals surface area contributed by atoms with Gasteiger partial charge in [-0.1, -0.05) is 0 Å². The highest BCUT2D eigenvalue weighted by Gasteiger charge is 2.27. The van der Waals surface area contributed by atoms with Crippen LogP contribution < -0.4 is 4.74 Å². The minimum absolute atomic E-state index is 0.147. The lowest BCUT2D eigenvalue weighted by atomic mass is 9.98. The van der Waals surface area contributed by atoms with Crippen LogP contribution in [0.5, 0.6) is 5.75 Å². The fraction of sp³-hybridized carbons (Fsp3) is 0.480. The molecule has 1 aromatic heterocycles. The van der Waals surface area contributed by atoms with Crippen LogP contribution in [-0.2, 0) is 16.1 Å².